The molecule has 0 saturated heterocycles. The van der Waals surface area contributed by atoms with E-state index in [-0.39, 0.29) is 12.0 Å². The van der Waals surface area contributed by atoms with Crippen molar-refractivity contribution in [3.8, 4) is 11.5 Å². The van der Waals surface area contributed by atoms with Gasteiger partial charge in [-0.15, -0.1) is 0 Å². The summed E-state index contributed by atoms with van der Waals surface area (Å²) in [6, 6.07) is 25.9. The van der Waals surface area contributed by atoms with E-state index in [0.29, 0.717) is 36.9 Å². The number of hydrogen-bond donors (Lipinski definition) is 2. The van der Waals surface area contributed by atoms with Gasteiger partial charge in [0.2, 0.25) is 11.6 Å². The topological polar surface area (TPSA) is 89.7 Å². The molecule has 0 spiro atoms. The molecule has 4 aromatic rings. The maximum Gasteiger partial charge on any atom is 0.205 e. The molecule has 0 atom stereocenters. The quantitative estimate of drug-likeness (QED) is 0.149. The Hall–Kier alpha value is -4.43. The average molecular weight is 832 g/mol. The second-order valence-corrected chi connectivity index (χ2v) is 19.7. The molecule has 0 saturated carbocycles. The van der Waals surface area contributed by atoms with Gasteiger partial charge in [0, 0.05) is 49.8 Å². The molecule has 0 aromatic heterocycles. The second kappa shape index (κ2) is 19.7. The van der Waals surface area contributed by atoms with E-state index in [1.165, 1.54) is 44.5 Å². The molecule has 0 radical (unpaired) electrons. The molecule has 2 aliphatic carbocycles. The average Bonchev–Trinajstić information content (AvgIpc) is 3.84. The zero-order valence-corrected chi connectivity index (χ0v) is 39.5. The van der Waals surface area contributed by atoms with Crippen LogP contribution >= 0.6 is 0 Å². The van der Waals surface area contributed by atoms with E-state index in [0.717, 1.165) is 53.2 Å². The van der Waals surface area contributed by atoms with Gasteiger partial charge in [-0.1, -0.05) is 135 Å². The summed E-state index contributed by atoms with van der Waals surface area (Å²) in [5.41, 5.74) is 14.9. The summed E-state index contributed by atoms with van der Waals surface area (Å²) in [6.07, 6.45) is 5.16. The third kappa shape index (κ3) is 12.1. The van der Waals surface area contributed by atoms with E-state index in [1.807, 2.05) is 27.7 Å². The van der Waals surface area contributed by atoms with Gasteiger partial charge in [-0.3, -0.25) is 0 Å². The van der Waals surface area contributed by atoms with Crippen LogP contribution in [0.1, 0.15) is 183 Å². The van der Waals surface area contributed by atoms with Crippen LogP contribution in [0.15, 0.2) is 84.0 Å². The third-order valence-corrected chi connectivity index (χ3v) is 12.0. The van der Waals surface area contributed by atoms with E-state index in [4.69, 9.17) is 24.2 Å². The number of oxime groups is 1. The Morgan fingerprint density at radius 2 is 1.05 bits per heavy atom. The minimum absolute atomic E-state index is 0.134. The lowest BCUT2D eigenvalue weighted by Crippen LogP contribution is -2.35. The normalized spacial score (nSPS) is 17.4. The summed E-state index contributed by atoms with van der Waals surface area (Å²) in [5.74, 6) is 3.16. The van der Waals surface area contributed by atoms with Gasteiger partial charge in [0.25, 0.3) is 0 Å². The van der Waals surface area contributed by atoms with E-state index in [2.05, 4.69) is 153 Å². The summed E-state index contributed by atoms with van der Waals surface area (Å²) in [6.45, 7) is 31.0. The number of aliphatic hydroxyl groups excluding tert-OH is 1. The number of rotatable bonds is 6. The first-order valence-corrected chi connectivity index (χ1v) is 22.3. The summed E-state index contributed by atoms with van der Waals surface area (Å²) in [7, 11) is 0. The molecular weight excluding hydrogens is 759 g/mol. The van der Waals surface area contributed by atoms with E-state index < -0.39 is 11.6 Å². The van der Waals surface area contributed by atoms with Gasteiger partial charge >= 0.3 is 0 Å². The van der Waals surface area contributed by atoms with Crippen LogP contribution in [0.3, 0.4) is 0 Å². The van der Waals surface area contributed by atoms with Crippen molar-refractivity contribution in [3.05, 3.63) is 135 Å². The Morgan fingerprint density at radius 3 is 1.61 bits per heavy atom. The first-order chi connectivity index (χ1) is 28.6. The number of aliphatic hydroxyl groups is 1. The number of nitrogens with zero attached hydrogens (tertiary/aromatic N) is 1. The van der Waals surface area contributed by atoms with E-state index in [1.54, 1.807) is 0 Å². The summed E-state index contributed by atoms with van der Waals surface area (Å²) in [5, 5.41) is 21.6. The fourth-order valence-corrected chi connectivity index (χ4v) is 7.81. The Labute approximate surface area is 367 Å². The molecule has 8 rings (SSSR count). The van der Waals surface area contributed by atoms with Crippen LogP contribution in [-0.2, 0) is 35.5 Å². The fourth-order valence-electron chi connectivity index (χ4n) is 7.81. The van der Waals surface area contributed by atoms with Gasteiger partial charge in [-0.2, -0.15) is 0 Å². The number of ether oxygens (including phenoxy) is 4. The van der Waals surface area contributed by atoms with Crippen molar-refractivity contribution in [1.29, 1.82) is 0 Å². The molecule has 7 heteroatoms. The predicted molar refractivity (Wildman–Crippen MR) is 250 cm³/mol. The molecule has 2 N–H and O–H groups in total. The fraction of sp³-hybridized carbons (Fsp3) is 0.500. The van der Waals surface area contributed by atoms with Crippen molar-refractivity contribution in [2.45, 2.75) is 165 Å². The van der Waals surface area contributed by atoms with Crippen LogP contribution in [-0.4, -0.2) is 34.2 Å². The minimum Gasteiger partial charge on any atom is -0.463 e. The van der Waals surface area contributed by atoms with Crippen LogP contribution < -0.4 is 9.47 Å². The lowest BCUT2D eigenvalue weighted by molar-refractivity contribution is -0.180. The maximum absolute atomic E-state index is 9.48. The van der Waals surface area contributed by atoms with Gasteiger partial charge in [-0.25, -0.2) is 0 Å². The van der Waals surface area contributed by atoms with Crippen LogP contribution in [0.5, 0.6) is 11.5 Å². The summed E-state index contributed by atoms with van der Waals surface area (Å²) >= 11 is 0. The first-order valence-electron chi connectivity index (χ1n) is 22.3. The van der Waals surface area contributed by atoms with Gasteiger partial charge in [-0.05, 0) is 106 Å². The number of allylic oxidation sites excluding steroid dienone is 1. The molecule has 0 bridgehead atoms. The van der Waals surface area contributed by atoms with E-state index >= 15 is 0 Å². The molecule has 0 unspecified atom stereocenters. The SMILES string of the molecule is CC(C)c1ccc2c(c1)CC/C2=N/O.CC(C)c1ccc2c(c1)CC=C2C(C)(C)CO.CC(C)c1ccc2c(c1)COC(C)(C)O2.CC(C)c1ccc2c(c1)OC(C)(C)OC2. The summed E-state index contributed by atoms with van der Waals surface area (Å²) < 4.78 is 22.7. The number of aryl methyl sites for hydroxylation is 1. The molecular formula is C54H73NO6. The summed E-state index contributed by atoms with van der Waals surface area (Å²) in [4.78, 5) is 0. The third-order valence-electron chi connectivity index (χ3n) is 12.0. The number of benzene rings is 4. The first kappa shape index (κ1) is 47.6. The number of hydrogen-bond acceptors (Lipinski definition) is 7. The molecule has 7 nitrogen and oxygen atoms in total. The van der Waals surface area contributed by atoms with Crippen LogP contribution in [0.4, 0.5) is 0 Å². The number of fused-ring (bicyclic) bond motifs is 4. The van der Waals surface area contributed by atoms with Crippen molar-refractivity contribution in [3.63, 3.8) is 0 Å². The van der Waals surface area contributed by atoms with Crippen molar-refractivity contribution >= 4 is 11.3 Å². The highest BCUT2D eigenvalue weighted by molar-refractivity contribution is 6.04. The monoisotopic (exact) mass is 832 g/mol. The predicted octanol–water partition coefficient (Wildman–Crippen LogP) is 13.6. The Morgan fingerprint density at radius 1 is 0.574 bits per heavy atom. The highest BCUT2D eigenvalue weighted by atomic mass is 16.7. The molecule has 0 amide bonds. The Bertz CT molecular complexity index is 2190. The van der Waals surface area contributed by atoms with Gasteiger partial charge in [0.15, 0.2) is 0 Å². The molecule has 4 aliphatic rings. The zero-order valence-electron chi connectivity index (χ0n) is 39.5. The zero-order chi connectivity index (χ0) is 44.9. The molecule has 61 heavy (non-hydrogen) atoms. The van der Waals surface area contributed by atoms with Crippen LogP contribution in [0.2, 0.25) is 0 Å². The van der Waals surface area contributed by atoms with Crippen molar-refractivity contribution in [1.82, 2.24) is 0 Å². The Balaban J connectivity index is 0.000000154. The highest BCUT2D eigenvalue weighted by Gasteiger charge is 2.30. The second-order valence-electron chi connectivity index (χ2n) is 19.7. The molecule has 0 fully saturated rings. The largest absolute Gasteiger partial charge is 0.463 e. The molecule has 330 valence electrons. The maximum atomic E-state index is 9.48. The smallest absolute Gasteiger partial charge is 0.205 e. The van der Waals surface area contributed by atoms with Gasteiger partial charge in [0.1, 0.15) is 11.5 Å². The van der Waals surface area contributed by atoms with Crippen molar-refractivity contribution < 1.29 is 29.3 Å². The van der Waals surface area contributed by atoms with Crippen molar-refractivity contribution in [2.24, 2.45) is 10.6 Å². The minimum atomic E-state index is -0.497. The molecule has 2 aliphatic heterocycles. The van der Waals surface area contributed by atoms with E-state index in [9.17, 15) is 5.11 Å². The molecule has 2 heterocycles. The van der Waals surface area contributed by atoms with Gasteiger partial charge < -0.3 is 29.3 Å². The van der Waals surface area contributed by atoms with Crippen molar-refractivity contribution in [2.75, 3.05) is 6.61 Å². The lowest BCUT2D eigenvalue weighted by Gasteiger charge is -2.33. The standard InChI is InChI=1S/C16H22O.2C13H18O2.C12H15NO/c1-11(2)12-5-7-14-13(9-12)6-8-15(14)16(3,4)10-17;1-9(2)10-5-6-12-11(7-10)8-14-13(3,4)15-12;1-9(2)10-5-6-11-8-14-13(3,4)15-12(11)7-10;1-8(2)9-3-5-11-10(7-9)4-6-12(11)13-14/h5,7-9,11,17H,6,10H2,1-4H3;2*5-7,9H,8H2,1-4H3;3,5,7-8,14H,4,6H2,1-2H3/b;;;13-12-. The van der Waals surface area contributed by atoms with Gasteiger partial charge in [0.05, 0.1) is 25.5 Å². The highest BCUT2D eigenvalue weighted by Crippen LogP contribution is 2.41. The lowest BCUT2D eigenvalue weighted by atomic mass is 9.81. The Kier molecular flexibility index (Phi) is 15.4. The van der Waals surface area contributed by atoms with Crippen LogP contribution in [0, 0.1) is 5.41 Å². The molecule has 4 aromatic carbocycles. The van der Waals surface area contributed by atoms with Crippen LogP contribution in [0.25, 0.3) is 5.57 Å².